The lowest BCUT2D eigenvalue weighted by molar-refractivity contribution is -0.142. The van der Waals surface area contributed by atoms with Gasteiger partial charge < -0.3 is 10.2 Å². The quantitative estimate of drug-likeness (QED) is 0.614. The lowest BCUT2D eigenvalue weighted by Crippen LogP contribution is -2.23. The number of aliphatic carboxylic acids is 1. The van der Waals surface area contributed by atoms with E-state index in [1.807, 2.05) is 0 Å². The number of aliphatic hydroxyl groups is 1. The van der Waals surface area contributed by atoms with Crippen molar-refractivity contribution in [2.45, 2.75) is 31.8 Å². The van der Waals surface area contributed by atoms with Crippen molar-refractivity contribution in [3.8, 4) is 0 Å². The third-order valence-corrected chi connectivity index (χ3v) is 3.43. The van der Waals surface area contributed by atoms with E-state index >= 15 is 0 Å². The number of carboxylic acid groups (broad SMARTS) is 1. The second kappa shape index (κ2) is 2.73. The number of hydrogen-bond donors (Lipinski definition) is 2. The molecule has 0 aromatic rings. The van der Waals surface area contributed by atoms with Crippen LogP contribution < -0.4 is 0 Å². The van der Waals surface area contributed by atoms with Gasteiger partial charge in [-0.25, -0.2) is 0 Å². The molecule has 0 radical (unpaired) electrons. The summed E-state index contributed by atoms with van der Waals surface area (Å²) in [5.41, 5.74) is 0. The van der Waals surface area contributed by atoms with Crippen LogP contribution in [0.4, 0.5) is 0 Å². The summed E-state index contributed by atoms with van der Waals surface area (Å²) in [4.78, 5) is 10.8. The Labute approximate surface area is 71.4 Å². The van der Waals surface area contributed by atoms with Crippen molar-refractivity contribution < 1.29 is 15.0 Å². The fraction of sp³-hybridized carbons (Fsp3) is 0.889. The first kappa shape index (κ1) is 8.05. The summed E-state index contributed by atoms with van der Waals surface area (Å²) in [5, 5.41) is 18.4. The Bertz CT molecular complexity index is 202. The Morgan fingerprint density at radius 3 is 2.50 bits per heavy atom. The Morgan fingerprint density at radius 2 is 1.92 bits per heavy atom. The molecule has 68 valence electrons. The highest BCUT2D eigenvalue weighted by Crippen LogP contribution is 2.45. The molecule has 0 saturated heterocycles. The molecular weight excluding hydrogens is 156 g/mol. The first-order chi connectivity index (χ1) is 5.68. The maximum Gasteiger partial charge on any atom is 0.306 e. The van der Waals surface area contributed by atoms with E-state index in [0.717, 1.165) is 19.3 Å². The van der Waals surface area contributed by atoms with Crippen LogP contribution in [0.15, 0.2) is 0 Å². The maximum atomic E-state index is 10.8. The highest BCUT2D eigenvalue weighted by atomic mass is 16.4. The van der Waals surface area contributed by atoms with E-state index in [1.165, 1.54) is 0 Å². The van der Waals surface area contributed by atoms with Crippen molar-refractivity contribution >= 4 is 5.97 Å². The average molecular weight is 170 g/mol. The average Bonchev–Trinajstić information content (AvgIpc) is 2.37. The molecule has 0 aromatic carbocycles. The molecular formula is C9H14O3. The molecule has 2 aliphatic carbocycles. The molecule has 2 rings (SSSR count). The summed E-state index contributed by atoms with van der Waals surface area (Å²) < 4.78 is 0. The van der Waals surface area contributed by atoms with Gasteiger partial charge in [-0.15, -0.1) is 0 Å². The van der Waals surface area contributed by atoms with Crippen LogP contribution >= 0.6 is 0 Å². The summed E-state index contributed by atoms with van der Waals surface area (Å²) in [5.74, 6) is -0.232. The molecule has 0 heterocycles. The van der Waals surface area contributed by atoms with Gasteiger partial charge in [-0.3, -0.25) is 4.79 Å². The lowest BCUT2D eigenvalue weighted by Gasteiger charge is -2.24. The summed E-state index contributed by atoms with van der Waals surface area (Å²) in [7, 11) is 0. The molecule has 0 amide bonds. The monoisotopic (exact) mass is 170 g/mol. The summed E-state index contributed by atoms with van der Waals surface area (Å²) >= 11 is 0. The first-order valence-electron chi connectivity index (χ1n) is 4.59. The van der Waals surface area contributed by atoms with Crippen molar-refractivity contribution in [1.82, 2.24) is 0 Å². The van der Waals surface area contributed by atoms with Crippen LogP contribution in [0.1, 0.15) is 25.7 Å². The van der Waals surface area contributed by atoms with E-state index in [9.17, 15) is 9.90 Å². The van der Waals surface area contributed by atoms with Gasteiger partial charge in [0.25, 0.3) is 0 Å². The molecule has 2 fully saturated rings. The molecule has 3 nitrogen and oxygen atoms in total. The number of hydrogen-bond acceptors (Lipinski definition) is 2. The summed E-state index contributed by atoms with van der Waals surface area (Å²) in [6.45, 7) is 0. The molecule has 2 N–H and O–H groups in total. The predicted molar refractivity (Wildman–Crippen MR) is 42.6 cm³/mol. The molecule has 12 heavy (non-hydrogen) atoms. The zero-order valence-electron chi connectivity index (χ0n) is 6.94. The minimum Gasteiger partial charge on any atom is -0.481 e. The van der Waals surface area contributed by atoms with Gasteiger partial charge in [0.05, 0.1) is 12.0 Å². The second-order valence-corrected chi connectivity index (χ2v) is 4.08. The van der Waals surface area contributed by atoms with Gasteiger partial charge in [0.2, 0.25) is 0 Å². The van der Waals surface area contributed by atoms with Crippen molar-refractivity contribution in [1.29, 1.82) is 0 Å². The van der Waals surface area contributed by atoms with Crippen LogP contribution in [0.3, 0.4) is 0 Å². The van der Waals surface area contributed by atoms with Gasteiger partial charge >= 0.3 is 5.97 Å². The number of fused-ring (bicyclic) bond motifs is 2. The van der Waals surface area contributed by atoms with Gasteiger partial charge in [-0.1, -0.05) is 0 Å². The minimum absolute atomic E-state index is 0.174. The Balaban J connectivity index is 2.10. The van der Waals surface area contributed by atoms with Crippen LogP contribution in [-0.2, 0) is 4.79 Å². The fourth-order valence-corrected chi connectivity index (χ4v) is 2.72. The number of carbonyl (C=O) groups is 1. The van der Waals surface area contributed by atoms with Gasteiger partial charge in [0, 0.05) is 0 Å². The van der Waals surface area contributed by atoms with Gasteiger partial charge in [0.1, 0.15) is 0 Å². The second-order valence-electron chi connectivity index (χ2n) is 4.08. The molecule has 0 unspecified atom stereocenters. The van der Waals surface area contributed by atoms with E-state index in [1.54, 1.807) is 0 Å². The molecule has 2 bridgehead atoms. The van der Waals surface area contributed by atoms with Gasteiger partial charge in [-0.2, -0.15) is 0 Å². The van der Waals surface area contributed by atoms with E-state index < -0.39 is 5.97 Å². The predicted octanol–water partition coefficient (Wildman–Crippen LogP) is 0.868. The van der Waals surface area contributed by atoms with E-state index in [0.29, 0.717) is 12.3 Å². The van der Waals surface area contributed by atoms with Crippen molar-refractivity contribution in [3.05, 3.63) is 0 Å². The summed E-state index contributed by atoms with van der Waals surface area (Å²) in [6, 6.07) is 0. The van der Waals surface area contributed by atoms with Crippen LogP contribution in [0, 0.1) is 17.8 Å². The summed E-state index contributed by atoms with van der Waals surface area (Å²) in [6.07, 6.45) is 3.10. The minimum atomic E-state index is -0.670. The molecule has 0 aromatic heterocycles. The smallest absolute Gasteiger partial charge is 0.306 e. The van der Waals surface area contributed by atoms with Crippen LogP contribution in [0.5, 0.6) is 0 Å². The van der Waals surface area contributed by atoms with Crippen molar-refractivity contribution in [3.63, 3.8) is 0 Å². The van der Waals surface area contributed by atoms with E-state index in [-0.39, 0.29) is 17.9 Å². The standard InChI is InChI=1S/C9H14O3/c10-8-2-1-5-3-6(8)4-7(5)9(11)12/h5-8,10H,1-4H2,(H,11,12)/t5-,6-,7-,8+/m1/s1. The van der Waals surface area contributed by atoms with Crippen LogP contribution in [-0.4, -0.2) is 22.3 Å². The largest absolute Gasteiger partial charge is 0.481 e. The molecule has 2 aliphatic rings. The highest BCUT2D eigenvalue weighted by Gasteiger charge is 2.44. The molecule has 2 saturated carbocycles. The van der Waals surface area contributed by atoms with Crippen molar-refractivity contribution in [2.75, 3.05) is 0 Å². The molecule has 4 atom stereocenters. The number of carboxylic acids is 1. The third kappa shape index (κ3) is 1.12. The van der Waals surface area contributed by atoms with E-state index in [4.69, 9.17) is 5.11 Å². The topological polar surface area (TPSA) is 57.5 Å². The third-order valence-electron chi connectivity index (χ3n) is 3.43. The van der Waals surface area contributed by atoms with Gasteiger partial charge in [0.15, 0.2) is 0 Å². The number of aliphatic hydroxyl groups excluding tert-OH is 1. The molecule has 0 aliphatic heterocycles. The van der Waals surface area contributed by atoms with Crippen LogP contribution in [0.25, 0.3) is 0 Å². The first-order valence-corrected chi connectivity index (χ1v) is 4.59. The molecule has 0 spiro atoms. The van der Waals surface area contributed by atoms with Crippen molar-refractivity contribution in [2.24, 2.45) is 17.8 Å². The van der Waals surface area contributed by atoms with E-state index in [2.05, 4.69) is 0 Å². The number of rotatable bonds is 1. The molecule has 3 heteroatoms. The zero-order valence-corrected chi connectivity index (χ0v) is 6.94. The van der Waals surface area contributed by atoms with Gasteiger partial charge in [-0.05, 0) is 37.5 Å². The Morgan fingerprint density at radius 1 is 1.17 bits per heavy atom. The lowest BCUT2D eigenvalue weighted by atomic mass is 9.85. The maximum absolute atomic E-state index is 10.8. The fourth-order valence-electron chi connectivity index (χ4n) is 2.72. The zero-order chi connectivity index (χ0) is 8.72. The Kier molecular flexibility index (Phi) is 1.83. The SMILES string of the molecule is O=C(O)[C@@H]1C[C@H]2C[C@H]1CC[C@@H]2O. The van der Waals surface area contributed by atoms with Crippen LogP contribution in [0.2, 0.25) is 0 Å². The highest BCUT2D eigenvalue weighted by molar-refractivity contribution is 5.70. The Hall–Kier alpha value is -0.570. The normalized spacial score (nSPS) is 46.1.